The van der Waals surface area contributed by atoms with E-state index in [0.29, 0.717) is 5.25 Å². The number of alkyl halides is 1. The Morgan fingerprint density at radius 2 is 2.38 bits per heavy atom. The second kappa shape index (κ2) is 5.97. The summed E-state index contributed by atoms with van der Waals surface area (Å²) in [7, 11) is 0. The van der Waals surface area contributed by atoms with Crippen LogP contribution in [0.3, 0.4) is 0 Å². The van der Waals surface area contributed by atoms with Crippen LogP contribution in [0.4, 0.5) is 0 Å². The van der Waals surface area contributed by atoms with Crippen molar-refractivity contribution in [2.24, 2.45) is 0 Å². The zero-order chi connectivity index (χ0) is 11.4. The summed E-state index contributed by atoms with van der Waals surface area (Å²) in [6.07, 6.45) is 2.46. The minimum absolute atomic E-state index is 0.605. The average molecular weight is 301 g/mol. The SMILES string of the molecule is CCOc1ccc2c(c1)CCCSC2CBr. The highest BCUT2D eigenvalue weighted by molar-refractivity contribution is 9.09. The van der Waals surface area contributed by atoms with Gasteiger partial charge in [-0.05, 0) is 48.8 Å². The van der Waals surface area contributed by atoms with Gasteiger partial charge in [-0.1, -0.05) is 22.0 Å². The van der Waals surface area contributed by atoms with Gasteiger partial charge in [-0.15, -0.1) is 0 Å². The highest BCUT2D eigenvalue weighted by Gasteiger charge is 2.18. The van der Waals surface area contributed by atoms with E-state index in [4.69, 9.17) is 4.74 Å². The van der Waals surface area contributed by atoms with Crippen LogP contribution in [-0.2, 0) is 6.42 Å². The standard InChI is InChI=1S/C13H17BrOS/c1-2-15-11-5-6-12-10(8-11)4-3-7-16-13(12)9-14/h5-6,8,13H,2-4,7,9H2,1H3. The predicted molar refractivity (Wildman–Crippen MR) is 74.9 cm³/mol. The molecule has 0 spiro atoms. The third-order valence-corrected chi connectivity index (χ3v) is 5.25. The number of benzene rings is 1. The van der Waals surface area contributed by atoms with Crippen molar-refractivity contribution in [2.75, 3.05) is 17.7 Å². The Morgan fingerprint density at radius 1 is 1.50 bits per heavy atom. The van der Waals surface area contributed by atoms with E-state index in [-0.39, 0.29) is 0 Å². The van der Waals surface area contributed by atoms with Gasteiger partial charge in [0, 0.05) is 10.6 Å². The van der Waals surface area contributed by atoms with Gasteiger partial charge >= 0.3 is 0 Å². The van der Waals surface area contributed by atoms with Crippen LogP contribution in [0.15, 0.2) is 18.2 Å². The Balaban J connectivity index is 2.29. The van der Waals surface area contributed by atoms with Crippen molar-refractivity contribution in [3.05, 3.63) is 29.3 Å². The van der Waals surface area contributed by atoms with E-state index in [9.17, 15) is 0 Å². The molecule has 0 aromatic heterocycles. The Morgan fingerprint density at radius 3 is 3.12 bits per heavy atom. The summed E-state index contributed by atoms with van der Waals surface area (Å²) in [6.45, 7) is 2.78. The van der Waals surface area contributed by atoms with Crippen LogP contribution in [0.25, 0.3) is 0 Å². The molecule has 1 aromatic carbocycles. The Labute approximate surface area is 110 Å². The van der Waals surface area contributed by atoms with Gasteiger partial charge in [0.2, 0.25) is 0 Å². The highest BCUT2D eigenvalue weighted by atomic mass is 79.9. The van der Waals surface area contributed by atoms with Crippen LogP contribution in [-0.4, -0.2) is 17.7 Å². The molecule has 1 aromatic rings. The Kier molecular flexibility index (Phi) is 4.59. The van der Waals surface area contributed by atoms with Crippen molar-refractivity contribution < 1.29 is 4.74 Å². The molecule has 0 fully saturated rings. The van der Waals surface area contributed by atoms with Gasteiger partial charge in [-0.3, -0.25) is 0 Å². The molecule has 1 aliphatic rings. The lowest BCUT2D eigenvalue weighted by Gasteiger charge is -2.15. The first-order chi connectivity index (χ1) is 7.85. The summed E-state index contributed by atoms with van der Waals surface area (Å²) < 4.78 is 5.56. The number of fused-ring (bicyclic) bond motifs is 1. The van der Waals surface area contributed by atoms with Crippen LogP contribution in [0.1, 0.15) is 29.7 Å². The van der Waals surface area contributed by atoms with E-state index in [1.165, 1.54) is 29.7 Å². The van der Waals surface area contributed by atoms with E-state index in [2.05, 4.69) is 45.9 Å². The molecular weight excluding hydrogens is 284 g/mol. The summed E-state index contributed by atoms with van der Waals surface area (Å²) in [5, 5.41) is 1.65. The maximum Gasteiger partial charge on any atom is 0.119 e. The van der Waals surface area contributed by atoms with Gasteiger partial charge in [0.25, 0.3) is 0 Å². The molecule has 1 aliphatic heterocycles. The molecule has 0 amide bonds. The lowest BCUT2D eigenvalue weighted by molar-refractivity contribution is 0.340. The third-order valence-electron chi connectivity index (χ3n) is 2.82. The molecule has 0 bridgehead atoms. The Bertz CT molecular complexity index is 354. The topological polar surface area (TPSA) is 9.23 Å². The Hall–Kier alpha value is -0.150. The van der Waals surface area contributed by atoms with E-state index in [0.717, 1.165) is 17.7 Å². The number of hydrogen-bond donors (Lipinski definition) is 0. The van der Waals surface area contributed by atoms with Crippen LogP contribution >= 0.6 is 27.7 Å². The predicted octanol–water partition coefficient (Wildman–Crippen LogP) is 4.20. The monoisotopic (exact) mass is 300 g/mol. The van der Waals surface area contributed by atoms with Crippen molar-refractivity contribution in [3.63, 3.8) is 0 Å². The number of rotatable bonds is 3. The van der Waals surface area contributed by atoms with E-state index < -0.39 is 0 Å². The second-order valence-electron chi connectivity index (χ2n) is 3.91. The van der Waals surface area contributed by atoms with Crippen molar-refractivity contribution >= 4 is 27.7 Å². The maximum absolute atomic E-state index is 5.56. The largest absolute Gasteiger partial charge is 0.494 e. The smallest absolute Gasteiger partial charge is 0.119 e. The molecule has 1 heterocycles. The summed E-state index contributed by atoms with van der Waals surface area (Å²) in [5.41, 5.74) is 2.96. The molecule has 0 saturated carbocycles. The van der Waals surface area contributed by atoms with Crippen molar-refractivity contribution in [1.29, 1.82) is 0 Å². The molecule has 1 unspecified atom stereocenters. The second-order valence-corrected chi connectivity index (χ2v) is 5.87. The molecule has 0 aliphatic carbocycles. The first-order valence-electron chi connectivity index (χ1n) is 5.78. The molecule has 1 nitrogen and oxygen atoms in total. The first kappa shape index (κ1) is 12.3. The lowest BCUT2D eigenvalue weighted by atomic mass is 10.0. The zero-order valence-electron chi connectivity index (χ0n) is 9.54. The minimum atomic E-state index is 0.605. The fraction of sp³-hybridized carbons (Fsp3) is 0.538. The molecular formula is C13H17BrOS. The molecule has 0 N–H and O–H groups in total. The number of halogens is 1. The normalized spacial score (nSPS) is 20.0. The third kappa shape index (κ3) is 2.75. The van der Waals surface area contributed by atoms with Gasteiger partial charge in [-0.25, -0.2) is 0 Å². The van der Waals surface area contributed by atoms with Crippen LogP contribution in [0, 0.1) is 0 Å². The van der Waals surface area contributed by atoms with Gasteiger partial charge < -0.3 is 4.74 Å². The highest BCUT2D eigenvalue weighted by Crippen LogP contribution is 2.38. The van der Waals surface area contributed by atoms with Crippen LogP contribution in [0.5, 0.6) is 5.75 Å². The van der Waals surface area contributed by atoms with Gasteiger partial charge in [0.1, 0.15) is 5.75 Å². The molecule has 0 saturated heterocycles. The number of hydrogen-bond acceptors (Lipinski definition) is 2. The fourth-order valence-electron chi connectivity index (χ4n) is 2.07. The average Bonchev–Trinajstić information content (AvgIpc) is 2.50. The lowest BCUT2D eigenvalue weighted by Crippen LogP contribution is -2.00. The summed E-state index contributed by atoms with van der Waals surface area (Å²) in [4.78, 5) is 0. The quantitative estimate of drug-likeness (QED) is 0.774. The molecule has 1 atom stereocenters. The molecule has 2 rings (SSSR count). The zero-order valence-corrected chi connectivity index (χ0v) is 11.9. The van der Waals surface area contributed by atoms with E-state index >= 15 is 0 Å². The summed E-state index contributed by atoms with van der Waals surface area (Å²) in [5.74, 6) is 2.27. The molecule has 88 valence electrons. The van der Waals surface area contributed by atoms with Gasteiger partial charge in [0.15, 0.2) is 0 Å². The number of aryl methyl sites for hydroxylation is 1. The van der Waals surface area contributed by atoms with Gasteiger partial charge in [0.05, 0.1) is 6.61 Å². The van der Waals surface area contributed by atoms with E-state index in [1.54, 1.807) is 0 Å². The number of thioether (sulfide) groups is 1. The van der Waals surface area contributed by atoms with Gasteiger partial charge in [-0.2, -0.15) is 11.8 Å². The molecule has 0 radical (unpaired) electrons. The maximum atomic E-state index is 5.56. The van der Waals surface area contributed by atoms with Crippen LogP contribution in [0.2, 0.25) is 0 Å². The first-order valence-corrected chi connectivity index (χ1v) is 7.95. The molecule has 3 heteroatoms. The van der Waals surface area contributed by atoms with E-state index in [1.807, 2.05) is 6.92 Å². The van der Waals surface area contributed by atoms with Crippen molar-refractivity contribution in [2.45, 2.75) is 25.0 Å². The summed E-state index contributed by atoms with van der Waals surface area (Å²) in [6, 6.07) is 6.56. The number of ether oxygens (including phenoxy) is 1. The van der Waals surface area contributed by atoms with Crippen molar-refractivity contribution in [1.82, 2.24) is 0 Å². The molecule has 16 heavy (non-hydrogen) atoms. The van der Waals surface area contributed by atoms with Crippen molar-refractivity contribution in [3.8, 4) is 5.75 Å². The van der Waals surface area contributed by atoms with Crippen LogP contribution < -0.4 is 4.74 Å². The summed E-state index contributed by atoms with van der Waals surface area (Å²) >= 11 is 5.67. The fourth-order valence-corrected chi connectivity index (χ4v) is 4.08. The minimum Gasteiger partial charge on any atom is -0.494 e.